The molecule has 7 nitrogen and oxygen atoms in total. The second kappa shape index (κ2) is 8.74. The van der Waals surface area contributed by atoms with E-state index in [1.807, 2.05) is 6.92 Å². The van der Waals surface area contributed by atoms with Crippen LogP contribution in [0.1, 0.15) is 19.4 Å². The number of hydrogen-bond donors (Lipinski definition) is 2. The number of nitrogens with one attached hydrogen (secondary N) is 1. The second-order valence-electron chi connectivity index (χ2n) is 6.05. The topological polar surface area (TPSA) is 88.1 Å². The highest BCUT2D eigenvalue weighted by Gasteiger charge is 2.34. The highest BCUT2D eigenvalue weighted by molar-refractivity contribution is 7.80. The number of rotatable bonds is 6. The van der Waals surface area contributed by atoms with Gasteiger partial charge in [0.05, 0.1) is 18.9 Å². The molecule has 2 amide bonds. The number of thiocarbonyl (C=S) groups is 1. The third kappa shape index (κ3) is 4.38. The van der Waals surface area contributed by atoms with Crippen molar-refractivity contribution in [2.45, 2.75) is 13.8 Å². The van der Waals surface area contributed by atoms with Gasteiger partial charge in [-0.15, -0.1) is 0 Å². The van der Waals surface area contributed by atoms with E-state index < -0.39 is 11.8 Å². The summed E-state index contributed by atoms with van der Waals surface area (Å²) < 4.78 is 10.8. The summed E-state index contributed by atoms with van der Waals surface area (Å²) in [6.07, 6.45) is 1.43. The van der Waals surface area contributed by atoms with E-state index in [1.54, 1.807) is 43.3 Å². The molecule has 1 saturated heterocycles. The van der Waals surface area contributed by atoms with Crippen LogP contribution in [0.25, 0.3) is 6.08 Å². The minimum absolute atomic E-state index is 0.00786. The van der Waals surface area contributed by atoms with Gasteiger partial charge in [-0.25, -0.2) is 0 Å². The van der Waals surface area contributed by atoms with Crippen molar-refractivity contribution in [3.05, 3.63) is 53.6 Å². The number of nitrogens with zero attached hydrogens (tertiary/aromatic N) is 1. The lowest BCUT2D eigenvalue weighted by atomic mass is 10.1. The SMILES string of the molecule is CCOc1cccc(N2C(=O)C(=Cc3ccc(O)c(OCC)c3)C(=O)NC2=S)c1. The number of benzene rings is 2. The Morgan fingerprint density at radius 1 is 1.10 bits per heavy atom. The number of carbonyl (C=O) groups is 2. The molecule has 1 aliphatic rings. The van der Waals surface area contributed by atoms with Crippen LogP contribution in [0.2, 0.25) is 0 Å². The predicted octanol–water partition coefficient (Wildman–Crippen LogP) is 3.02. The van der Waals surface area contributed by atoms with Crippen LogP contribution in [0.3, 0.4) is 0 Å². The Hall–Kier alpha value is -3.39. The van der Waals surface area contributed by atoms with Gasteiger partial charge >= 0.3 is 0 Å². The number of phenols is 1. The summed E-state index contributed by atoms with van der Waals surface area (Å²) in [5.41, 5.74) is 0.923. The lowest BCUT2D eigenvalue weighted by Crippen LogP contribution is -2.54. The number of amides is 2. The lowest BCUT2D eigenvalue weighted by Gasteiger charge is -2.29. The molecule has 0 aliphatic carbocycles. The minimum Gasteiger partial charge on any atom is -0.504 e. The van der Waals surface area contributed by atoms with Crippen LogP contribution in [0.5, 0.6) is 17.2 Å². The van der Waals surface area contributed by atoms with Crippen LogP contribution in [0, 0.1) is 0 Å². The minimum atomic E-state index is -0.594. The quantitative estimate of drug-likeness (QED) is 0.431. The Kier molecular flexibility index (Phi) is 6.13. The summed E-state index contributed by atoms with van der Waals surface area (Å²) in [5.74, 6) is -0.323. The van der Waals surface area contributed by atoms with Crippen LogP contribution >= 0.6 is 12.2 Å². The summed E-state index contributed by atoms with van der Waals surface area (Å²) in [4.78, 5) is 26.8. The lowest BCUT2D eigenvalue weighted by molar-refractivity contribution is -0.122. The Bertz CT molecular complexity index is 1000. The Balaban J connectivity index is 1.98. The van der Waals surface area contributed by atoms with Gasteiger partial charge in [0.2, 0.25) is 0 Å². The van der Waals surface area contributed by atoms with Crippen molar-refractivity contribution in [3.63, 3.8) is 0 Å². The van der Waals surface area contributed by atoms with Crippen LogP contribution in [-0.4, -0.2) is 35.2 Å². The van der Waals surface area contributed by atoms with E-state index in [2.05, 4.69) is 5.32 Å². The first-order chi connectivity index (χ1) is 13.9. The zero-order valence-corrected chi connectivity index (χ0v) is 16.8. The zero-order chi connectivity index (χ0) is 21.0. The number of carbonyl (C=O) groups excluding carboxylic acids is 2. The van der Waals surface area contributed by atoms with Gasteiger partial charge in [-0.05, 0) is 62.0 Å². The number of ether oxygens (including phenoxy) is 2. The van der Waals surface area contributed by atoms with Gasteiger partial charge in [-0.1, -0.05) is 12.1 Å². The molecule has 0 saturated carbocycles. The molecule has 3 rings (SSSR count). The largest absolute Gasteiger partial charge is 0.504 e. The van der Waals surface area contributed by atoms with E-state index in [9.17, 15) is 14.7 Å². The molecule has 2 aromatic rings. The van der Waals surface area contributed by atoms with Gasteiger partial charge in [-0.2, -0.15) is 0 Å². The maximum atomic E-state index is 13.1. The van der Waals surface area contributed by atoms with Crippen LogP contribution in [0.4, 0.5) is 5.69 Å². The van der Waals surface area contributed by atoms with Crippen molar-refractivity contribution in [3.8, 4) is 17.2 Å². The van der Waals surface area contributed by atoms with Crippen LogP contribution < -0.4 is 19.7 Å². The molecule has 8 heteroatoms. The normalized spacial score (nSPS) is 15.4. The molecule has 29 heavy (non-hydrogen) atoms. The highest BCUT2D eigenvalue weighted by atomic mass is 32.1. The first-order valence-electron chi connectivity index (χ1n) is 9.04. The van der Waals surface area contributed by atoms with Crippen molar-refractivity contribution >= 4 is 40.9 Å². The van der Waals surface area contributed by atoms with Gasteiger partial charge < -0.3 is 14.6 Å². The zero-order valence-electron chi connectivity index (χ0n) is 16.0. The van der Waals surface area contributed by atoms with Gasteiger partial charge in [-0.3, -0.25) is 19.8 Å². The summed E-state index contributed by atoms with van der Waals surface area (Å²) in [6, 6.07) is 11.5. The second-order valence-corrected chi connectivity index (χ2v) is 6.44. The Morgan fingerprint density at radius 3 is 2.59 bits per heavy atom. The molecular formula is C21H20N2O5S. The van der Waals surface area contributed by atoms with E-state index in [0.29, 0.717) is 30.2 Å². The van der Waals surface area contributed by atoms with Gasteiger partial charge in [0.1, 0.15) is 11.3 Å². The van der Waals surface area contributed by atoms with Crippen molar-refractivity contribution in [1.29, 1.82) is 0 Å². The fourth-order valence-electron chi connectivity index (χ4n) is 2.83. The number of aromatic hydroxyl groups is 1. The van der Waals surface area contributed by atoms with E-state index in [-0.39, 0.29) is 22.2 Å². The molecule has 0 radical (unpaired) electrons. The molecule has 0 bridgehead atoms. The van der Waals surface area contributed by atoms with E-state index >= 15 is 0 Å². The molecule has 1 fully saturated rings. The highest BCUT2D eigenvalue weighted by Crippen LogP contribution is 2.29. The van der Waals surface area contributed by atoms with Gasteiger partial charge in [0, 0.05) is 6.07 Å². The molecule has 1 heterocycles. The Labute approximate surface area is 173 Å². The van der Waals surface area contributed by atoms with Crippen molar-refractivity contribution in [2.75, 3.05) is 18.1 Å². The summed E-state index contributed by atoms with van der Waals surface area (Å²) >= 11 is 5.21. The molecule has 2 N–H and O–H groups in total. The molecule has 0 atom stereocenters. The fraction of sp³-hybridized carbons (Fsp3) is 0.190. The fourth-order valence-corrected chi connectivity index (χ4v) is 3.11. The van der Waals surface area contributed by atoms with Gasteiger partial charge in [0.25, 0.3) is 11.8 Å². The average Bonchev–Trinajstić information content (AvgIpc) is 2.68. The third-order valence-electron chi connectivity index (χ3n) is 4.08. The van der Waals surface area contributed by atoms with Crippen molar-refractivity contribution in [2.24, 2.45) is 0 Å². The molecule has 0 unspecified atom stereocenters. The van der Waals surface area contributed by atoms with E-state index in [0.717, 1.165) is 0 Å². The average molecular weight is 412 g/mol. The summed E-state index contributed by atoms with van der Waals surface area (Å²) in [6.45, 7) is 4.49. The number of anilines is 1. The molecule has 2 aromatic carbocycles. The number of hydrogen-bond acceptors (Lipinski definition) is 6. The maximum absolute atomic E-state index is 13.1. The standard InChI is InChI=1S/C21H20N2O5S/c1-3-27-15-7-5-6-14(12-15)23-20(26)16(19(25)22-21(23)29)10-13-8-9-17(24)18(11-13)28-4-2/h5-12,24H,3-4H2,1-2H3,(H,22,25,29). The van der Waals surface area contributed by atoms with E-state index in [1.165, 1.54) is 17.0 Å². The number of phenolic OH excluding ortho intramolecular Hbond substituents is 1. The van der Waals surface area contributed by atoms with Crippen LogP contribution in [-0.2, 0) is 9.59 Å². The molecular weight excluding hydrogens is 392 g/mol. The van der Waals surface area contributed by atoms with Gasteiger partial charge in [0.15, 0.2) is 16.6 Å². The van der Waals surface area contributed by atoms with Crippen molar-refractivity contribution in [1.82, 2.24) is 5.32 Å². The monoisotopic (exact) mass is 412 g/mol. The molecule has 150 valence electrons. The Morgan fingerprint density at radius 2 is 1.86 bits per heavy atom. The smallest absolute Gasteiger partial charge is 0.270 e. The third-order valence-corrected chi connectivity index (χ3v) is 4.37. The molecule has 0 aromatic heterocycles. The van der Waals surface area contributed by atoms with Crippen molar-refractivity contribution < 1.29 is 24.2 Å². The first kappa shape index (κ1) is 20.3. The maximum Gasteiger partial charge on any atom is 0.270 e. The molecule has 0 spiro atoms. The van der Waals surface area contributed by atoms with Crippen LogP contribution in [0.15, 0.2) is 48.0 Å². The summed E-state index contributed by atoms with van der Waals surface area (Å²) in [7, 11) is 0. The van der Waals surface area contributed by atoms with E-state index in [4.69, 9.17) is 21.7 Å². The summed E-state index contributed by atoms with van der Waals surface area (Å²) in [5, 5.41) is 12.4. The molecule has 1 aliphatic heterocycles. The predicted molar refractivity (Wildman–Crippen MR) is 113 cm³/mol. The first-order valence-corrected chi connectivity index (χ1v) is 9.45.